The second kappa shape index (κ2) is 13.1. The fraction of sp³-hybridized carbons (Fsp3) is 0.235. The molecule has 1 unspecified atom stereocenters. The molecule has 0 saturated carbocycles. The number of para-hydroxylation sites is 1. The number of halogens is 5. The predicted molar refractivity (Wildman–Crippen MR) is 161 cm³/mol. The molecule has 0 aliphatic heterocycles. The number of aryl methyl sites for hydroxylation is 2. The summed E-state index contributed by atoms with van der Waals surface area (Å²) in [4.78, 5) is 43.1. The monoisotopic (exact) mass is 637 g/mol. The number of carbonyl (C=O) groups is 2. The molecule has 7 nitrogen and oxygen atoms in total. The summed E-state index contributed by atoms with van der Waals surface area (Å²) < 4.78 is 73.5. The maximum atomic E-state index is 14.7. The van der Waals surface area contributed by atoms with E-state index in [1.165, 1.54) is 41.0 Å². The number of benzene rings is 3. The van der Waals surface area contributed by atoms with Crippen molar-refractivity contribution in [3.8, 4) is 0 Å². The lowest BCUT2D eigenvalue weighted by atomic mass is 9.77. The van der Waals surface area contributed by atoms with Gasteiger partial charge in [0.25, 0.3) is 5.56 Å². The minimum Gasteiger partial charge on any atom is -0.480 e. The van der Waals surface area contributed by atoms with E-state index >= 15 is 0 Å². The highest BCUT2D eigenvalue weighted by Crippen LogP contribution is 2.46. The summed E-state index contributed by atoms with van der Waals surface area (Å²) in [7, 11) is 0. The number of carbonyl (C=O) groups excluding carboxylic acids is 1. The number of hydrogen-bond donors (Lipinski definition) is 1. The molecular weight excluding hydrogens is 609 g/mol. The highest BCUT2D eigenvalue weighted by molar-refractivity contribution is 5.84. The zero-order valence-corrected chi connectivity index (χ0v) is 24.3. The summed E-state index contributed by atoms with van der Waals surface area (Å²) in [5.41, 5.74) is -1.75. The predicted octanol–water partition coefficient (Wildman–Crippen LogP) is 5.97. The van der Waals surface area contributed by atoms with E-state index in [1.807, 2.05) is 0 Å². The number of alkyl halides is 3. The number of carboxylic acid groups (broad SMARTS) is 1. The van der Waals surface area contributed by atoms with Gasteiger partial charge in [-0.25, -0.2) is 8.78 Å². The zero-order chi connectivity index (χ0) is 33.1. The van der Waals surface area contributed by atoms with Gasteiger partial charge in [0.2, 0.25) is 5.91 Å². The SMILES string of the molecule is O=C(O)CN(CC1(C(F)(F)F)C=CC(c2ccccc2)=CC1)C(=O)Cn1c(CCc2cccc(F)c2F)nc(=O)c2ccccc21. The van der Waals surface area contributed by atoms with Crippen molar-refractivity contribution in [1.82, 2.24) is 14.5 Å². The smallest absolute Gasteiger partial charge is 0.399 e. The Labute approximate surface area is 259 Å². The minimum absolute atomic E-state index is 0.00507. The van der Waals surface area contributed by atoms with Crippen LogP contribution in [0.2, 0.25) is 0 Å². The summed E-state index contributed by atoms with van der Waals surface area (Å²) in [6.07, 6.45) is -1.92. The first-order valence-corrected chi connectivity index (χ1v) is 14.3. The van der Waals surface area contributed by atoms with E-state index in [0.717, 1.165) is 12.1 Å². The second-order valence-corrected chi connectivity index (χ2v) is 11.0. The summed E-state index contributed by atoms with van der Waals surface area (Å²) in [6.45, 7) is -2.66. The number of nitrogens with zero attached hydrogens (tertiary/aromatic N) is 3. The molecule has 12 heteroatoms. The molecule has 0 fully saturated rings. The van der Waals surface area contributed by atoms with Crippen LogP contribution in [0, 0.1) is 17.0 Å². The maximum Gasteiger partial charge on any atom is 0.399 e. The molecule has 5 rings (SSSR count). The van der Waals surface area contributed by atoms with Crippen molar-refractivity contribution in [2.75, 3.05) is 13.1 Å². The van der Waals surface area contributed by atoms with Crippen LogP contribution in [0.3, 0.4) is 0 Å². The Hall–Kier alpha value is -5.13. The molecule has 0 bridgehead atoms. The lowest BCUT2D eigenvalue weighted by molar-refractivity contribution is -0.211. The van der Waals surface area contributed by atoms with Crippen molar-refractivity contribution in [1.29, 1.82) is 0 Å². The Morgan fingerprint density at radius 2 is 1.67 bits per heavy atom. The van der Waals surface area contributed by atoms with Gasteiger partial charge in [0.05, 0.1) is 10.9 Å². The summed E-state index contributed by atoms with van der Waals surface area (Å²) in [5.74, 6) is -4.64. The average Bonchev–Trinajstić information content (AvgIpc) is 3.03. The van der Waals surface area contributed by atoms with E-state index in [-0.39, 0.29) is 35.1 Å². The van der Waals surface area contributed by atoms with E-state index in [4.69, 9.17) is 0 Å². The van der Waals surface area contributed by atoms with Crippen molar-refractivity contribution < 1.29 is 36.6 Å². The lowest BCUT2D eigenvalue weighted by Gasteiger charge is -2.38. The number of hydrogen-bond acceptors (Lipinski definition) is 4. The molecule has 1 aliphatic carbocycles. The Morgan fingerprint density at radius 1 is 0.957 bits per heavy atom. The van der Waals surface area contributed by atoms with E-state index < -0.39 is 66.7 Å². The van der Waals surface area contributed by atoms with Gasteiger partial charge in [0.1, 0.15) is 24.3 Å². The van der Waals surface area contributed by atoms with Crippen LogP contribution in [0.4, 0.5) is 22.0 Å². The number of amides is 1. The third-order valence-electron chi connectivity index (χ3n) is 8.00. The standard InChI is InChI=1S/C34H28F5N3O4/c35-26-11-6-9-24(31(26)36)13-14-28-40-32(46)25-10-4-5-12-27(25)42(28)19-29(43)41(20-30(44)45)21-33(34(37,38)39)17-15-23(16-18-33)22-7-2-1-3-8-22/h1-12,15-17H,13-14,18-21H2,(H,44,45). The van der Waals surface area contributed by atoms with Crippen LogP contribution in [0.25, 0.3) is 16.5 Å². The van der Waals surface area contributed by atoms with Gasteiger partial charge in [0, 0.05) is 13.0 Å². The number of allylic oxidation sites excluding steroid dienone is 3. The van der Waals surface area contributed by atoms with E-state index in [2.05, 4.69) is 4.98 Å². The molecule has 46 heavy (non-hydrogen) atoms. The number of aromatic nitrogens is 2. The zero-order valence-electron chi connectivity index (χ0n) is 24.3. The third kappa shape index (κ3) is 6.75. The van der Waals surface area contributed by atoms with Crippen molar-refractivity contribution in [3.05, 3.63) is 130 Å². The van der Waals surface area contributed by atoms with E-state index in [0.29, 0.717) is 16.0 Å². The van der Waals surface area contributed by atoms with Gasteiger partial charge in [0.15, 0.2) is 11.6 Å². The third-order valence-corrected chi connectivity index (χ3v) is 8.00. The highest BCUT2D eigenvalue weighted by Gasteiger charge is 2.54. The Balaban J connectivity index is 1.48. The van der Waals surface area contributed by atoms with Gasteiger partial charge in [-0.2, -0.15) is 18.2 Å². The van der Waals surface area contributed by atoms with Crippen LogP contribution in [0.1, 0.15) is 23.4 Å². The molecule has 3 aromatic carbocycles. The number of carboxylic acids is 1. The van der Waals surface area contributed by atoms with Crippen molar-refractivity contribution in [2.24, 2.45) is 5.41 Å². The van der Waals surface area contributed by atoms with Gasteiger partial charge < -0.3 is 14.6 Å². The van der Waals surface area contributed by atoms with Crippen LogP contribution < -0.4 is 5.56 Å². The summed E-state index contributed by atoms with van der Waals surface area (Å²) in [6, 6.07) is 18.5. The van der Waals surface area contributed by atoms with Crippen LogP contribution >= 0.6 is 0 Å². The average molecular weight is 638 g/mol. The quantitative estimate of drug-likeness (QED) is 0.217. The van der Waals surface area contributed by atoms with Crippen LogP contribution in [0.15, 0.2) is 95.8 Å². The molecule has 0 saturated heterocycles. The van der Waals surface area contributed by atoms with Gasteiger partial charge >= 0.3 is 12.1 Å². The molecule has 0 radical (unpaired) electrons. The molecule has 4 aromatic rings. The summed E-state index contributed by atoms with van der Waals surface area (Å²) in [5, 5.41) is 9.71. The summed E-state index contributed by atoms with van der Waals surface area (Å²) >= 11 is 0. The minimum atomic E-state index is -4.84. The van der Waals surface area contributed by atoms with Crippen molar-refractivity contribution in [2.45, 2.75) is 32.0 Å². The normalized spacial score (nSPS) is 16.3. The van der Waals surface area contributed by atoms with Gasteiger partial charge in [-0.3, -0.25) is 14.4 Å². The first-order valence-electron chi connectivity index (χ1n) is 14.3. The highest BCUT2D eigenvalue weighted by atomic mass is 19.4. The first kappa shape index (κ1) is 32.3. The van der Waals surface area contributed by atoms with Gasteiger partial charge in [-0.05, 0) is 47.7 Å². The van der Waals surface area contributed by atoms with Crippen LogP contribution in [-0.2, 0) is 29.0 Å². The largest absolute Gasteiger partial charge is 0.480 e. The van der Waals surface area contributed by atoms with Gasteiger partial charge in [-0.1, -0.05) is 72.8 Å². The maximum absolute atomic E-state index is 14.7. The second-order valence-electron chi connectivity index (χ2n) is 11.0. The fourth-order valence-corrected chi connectivity index (χ4v) is 5.53. The van der Waals surface area contributed by atoms with Crippen LogP contribution in [-0.4, -0.2) is 50.7 Å². The molecule has 1 aromatic heterocycles. The van der Waals surface area contributed by atoms with E-state index in [9.17, 15) is 41.4 Å². The number of fused-ring (bicyclic) bond motifs is 1. The van der Waals surface area contributed by atoms with E-state index in [1.54, 1.807) is 42.5 Å². The van der Waals surface area contributed by atoms with Crippen molar-refractivity contribution in [3.63, 3.8) is 0 Å². The first-order chi connectivity index (χ1) is 21.9. The Morgan fingerprint density at radius 3 is 2.35 bits per heavy atom. The lowest BCUT2D eigenvalue weighted by Crippen LogP contribution is -2.50. The Kier molecular flexibility index (Phi) is 9.17. The van der Waals surface area contributed by atoms with Crippen LogP contribution in [0.5, 0.6) is 0 Å². The molecule has 1 aliphatic rings. The molecule has 1 N–H and O–H groups in total. The fourth-order valence-electron chi connectivity index (χ4n) is 5.53. The number of aliphatic carboxylic acids is 1. The van der Waals surface area contributed by atoms with Gasteiger partial charge in [-0.15, -0.1) is 0 Å². The molecule has 0 spiro atoms. The van der Waals surface area contributed by atoms with Crippen molar-refractivity contribution >= 4 is 28.4 Å². The topological polar surface area (TPSA) is 92.5 Å². The Bertz CT molecular complexity index is 1900. The molecule has 1 atom stereocenters. The number of rotatable bonds is 10. The molecule has 1 heterocycles. The molecule has 238 valence electrons. The molecule has 1 amide bonds. The molecular formula is C34H28F5N3O4.